The maximum absolute atomic E-state index is 11.8. The lowest BCUT2D eigenvalue weighted by Gasteiger charge is -2.04. The van der Waals surface area contributed by atoms with Crippen molar-refractivity contribution in [2.75, 3.05) is 14.1 Å². The number of carbonyl (C=O) groups is 2. The molecule has 2 aromatic rings. The fraction of sp³-hybridized carbons (Fsp3) is 0.400. The quantitative estimate of drug-likeness (QED) is 0.850. The summed E-state index contributed by atoms with van der Waals surface area (Å²) >= 11 is 1.52. The van der Waals surface area contributed by atoms with Crippen LogP contribution in [0, 0.1) is 13.8 Å². The van der Waals surface area contributed by atoms with E-state index in [2.05, 4.69) is 30.5 Å². The summed E-state index contributed by atoms with van der Waals surface area (Å²) in [6.45, 7) is 10.9. The molecule has 0 radical (unpaired) electrons. The summed E-state index contributed by atoms with van der Waals surface area (Å²) in [5.41, 5.74) is 2.34. The van der Waals surface area contributed by atoms with Gasteiger partial charge in [0.2, 0.25) is 0 Å². The first-order chi connectivity index (χ1) is 12.0. The van der Waals surface area contributed by atoms with Crippen molar-refractivity contribution < 1.29 is 9.59 Å². The third-order valence-corrected chi connectivity index (χ3v) is 3.50. The second kappa shape index (κ2) is 16.9. The Morgan fingerprint density at radius 1 is 1.08 bits per heavy atom. The standard InChI is InChI=1S/C14H15NOS.C3H8.C2H7N.CH2O/c1-10-4-3-5-12(8-10)9-15-14(16)13-7-6-11(2)17-13;2*1-3-2;1-2/h3-8H,9H2,1-2H3,(H,15,16);3H2,1-2H3;3H,1-2H3;1H2. The molecule has 0 spiro atoms. The molecule has 5 heteroatoms. The fourth-order valence-corrected chi connectivity index (χ4v) is 2.43. The maximum atomic E-state index is 11.8. The molecule has 0 atom stereocenters. The van der Waals surface area contributed by atoms with Crippen LogP contribution in [-0.2, 0) is 11.3 Å². The van der Waals surface area contributed by atoms with E-state index in [0.717, 1.165) is 15.3 Å². The molecule has 0 bridgehead atoms. The van der Waals surface area contributed by atoms with E-state index < -0.39 is 0 Å². The molecule has 1 aromatic heterocycles. The molecule has 0 aliphatic heterocycles. The van der Waals surface area contributed by atoms with Crippen molar-refractivity contribution in [1.82, 2.24) is 10.6 Å². The van der Waals surface area contributed by atoms with Crippen LogP contribution < -0.4 is 10.6 Å². The van der Waals surface area contributed by atoms with Crippen molar-refractivity contribution in [3.8, 4) is 0 Å². The van der Waals surface area contributed by atoms with Crippen molar-refractivity contribution in [3.63, 3.8) is 0 Å². The first-order valence-electron chi connectivity index (χ1n) is 8.25. The maximum Gasteiger partial charge on any atom is 0.261 e. The van der Waals surface area contributed by atoms with E-state index in [1.807, 2.05) is 65.1 Å². The number of hydrogen-bond donors (Lipinski definition) is 2. The van der Waals surface area contributed by atoms with Gasteiger partial charge in [0, 0.05) is 11.4 Å². The van der Waals surface area contributed by atoms with Gasteiger partial charge < -0.3 is 15.4 Å². The van der Waals surface area contributed by atoms with E-state index in [0.29, 0.717) is 6.54 Å². The van der Waals surface area contributed by atoms with Gasteiger partial charge in [0.05, 0.1) is 4.88 Å². The smallest absolute Gasteiger partial charge is 0.261 e. The Morgan fingerprint density at radius 3 is 2.08 bits per heavy atom. The minimum absolute atomic E-state index is 0.00426. The Morgan fingerprint density at radius 2 is 1.64 bits per heavy atom. The highest BCUT2D eigenvalue weighted by Gasteiger charge is 2.07. The van der Waals surface area contributed by atoms with E-state index in [-0.39, 0.29) is 5.91 Å². The normalized spacial score (nSPS) is 8.56. The highest BCUT2D eigenvalue weighted by Crippen LogP contribution is 2.14. The zero-order valence-electron chi connectivity index (χ0n) is 16.3. The second-order valence-corrected chi connectivity index (χ2v) is 6.58. The Bertz CT molecular complexity index is 581. The monoisotopic (exact) mass is 364 g/mol. The van der Waals surface area contributed by atoms with Crippen LogP contribution in [0.15, 0.2) is 36.4 Å². The summed E-state index contributed by atoms with van der Waals surface area (Å²) in [7, 11) is 3.75. The molecule has 2 rings (SSSR count). The summed E-state index contributed by atoms with van der Waals surface area (Å²) in [5, 5.41) is 5.68. The van der Waals surface area contributed by atoms with Crippen molar-refractivity contribution in [2.45, 2.75) is 40.7 Å². The van der Waals surface area contributed by atoms with Crippen LogP contribution in [-0.4, -0.2) is 26.8 Å². The Kier molecular flexibility index (Phi) is 17.0. The van der Waals surface area contributed by atoms with Gasteiger partial charge in [-0.3, -0.25) is 4.79 Å². The number of nitrogens with one attached hydrogen (secondary N) is 2. The number of rotatable bonds is 3. The third kappa shape index (κ3) is 13.0. The fourth-order valence-electron chi connectivity index (χ4n) is 1.65. The molecule has 1 amide bonds. The molecule has 0 saturated heterocycles. The Labute approximate surface area is 156 Å². The Balaban J connectivity index is 0. The van der Waals surface area contributed by atoms with E-state index in [1.165, 1.54) is 23.3 Å². The summed E-state index contributed by atoms with van der Waals surface area (Å²) in [6, 6.07) is 12.0. The first-order valence-corrected chi connectivity index (χ1v) is 9.07. The molecule has 25 heavy (non-hydrogen) atoms. The Hall–Kier alpha value is -1.98. The molecule has 0 unspecified atom stereocenters. The molecule has 2 N–H and O–H groups in total. The van der Waals surface area contributed by atoms with Crippen molar-refractivity contribution >= 4 is 24.0 Å². The molecule has 1 aromatic carbocycles. The minimum Gasteiger partial charge on any atom is -0.347 e. The first kappa shape index (κ1) is 25.3. The number of aryl methyl sites for hydroxylation is 2. The van der Waals surface area contributed by atoms with Crippen molar-refractivity contribution in [2.24, 2.45) is 0 Å². The number of thiophene rings is 1. The van der Waals surface area contributed by atoms with Crippen LogP contribution in [0.1, 0.15) is 45.9 Å². The van der Waals surface area contributed by atoms with Crippen LogP contribution in [0.5, 0.6) is 0 Å². The van der Waals surface area contributed by atoms with Gasteiger partial charge in [-0.1, -0.05) is 50.1 Å². The van der Waals surface area contributed by atoms with E-state index in [9.17, 15) is 4.79 Å². The van der Waals surface area contributed by atoms with E-state index >= 15 is 0 Å². The van der Waals surface area contributed by atoms with Gasteiger partial charge in [-0.15, -0.1) is 11.3 Å². The number of benzene rings is 1. The molecule has 0 fully saturated rings. The van der Waals surface area contributed by atoms with Gasteiger partial charge in [-0.2, -0.15) is 0 Å². The van der Waals surface area contributed by atoms with Gasteiger partial charge >= 0.3 is 0 Å². The number of amides is 1. The lowest BCUT2D eigenvalue weighted by atomic mass is 10.1. The average molecular weight is 365 g/mol. The highest BCUT2D eigenvalue weighted by molar-refractivity contribution is 7.13. The zero-order valence-corrected chi connectivity index (χ0v) is 17.1. The number of hydrogen-bond acceptors (Lipinski definition) is 4. The van der Waals surface area contributed by atoms with Crippen molar-refractivity contribution in [1.29, 1.82) is 0 Å². The van der Waals surface area contributed by atoms with Crippen LogP contribution in [0.4, 0.5) is 0 Å². The predicted molar refractivity (Wildman–Crippen MR) is 109 cm³/mol. The molecule has 4 nitrogen and oxygen atoms in total. The zero-order chi connectivity index (χ0) is 19.7. The number of carbonyl (C=O) groups excluding carboxylic acids is 2. The second-order valence-electron chi connectivity index (χ2n) is 5.29. The topological polar surface area (TPSA) is 58.2 Å². The van der Waals surface area contributed by atoms with Gasteiger partial charge in [-0.25, -0.2) is 0 Å². The van der Waals surface area contributed by atoms with Crippen LogP contribution in [0.3, 0.4) is 0 Å². The molecular formula is C20H32N2O2S. The van der Waals surface area contributed by atoms with Crippen LogP contribution in [0.25, 0.3) is 0 Å². The lowest BCUT2D eigenvalue weighted by molar-refractivity contribution is -0.0980. The SMILES string of the molecule is C=O.CCC.CNC.Cc1cccc(CNC(=O)c2ccc(C)s2)c1. The highest BCUT2D eigenvalue weighted by atomic mass is 32.1. The van der Waals surface area contributed by atoms with Crippen LogP contribution in [0.2, 0.25) is 0 Å². The van der Waals surface area contributed by atoms with Gasteiger partial charge in [0.1, 0.15) is 6.79 Å². The molecule has 140 valence electrons. The third-order valence-electron chi connectivity index (χ3n) is 2.50. The summed E-state index contributed by atoms with van der Waals surface area (Å²) in [6.07, 6.45) is 1.25. The molecule has 0 saturated carbocycles. The summed E-state index contributed by atoms with van der Waals surface area (Å²) < 4.78 is 0. The summed E-state index contributed by atoms with van der Waals surface area (Å²) in [4.78, 5) is 21.7. The lowest BCUT2D eigenvalue weighted by Crippen LogP contribution is -2.21. The molecule has 0 aliphatic rings. The largest absolute Gasteiger partial charge is 0.347 e. The average Bonchev–Trinajstić information content (AvgIpc) is 3.03. The minimum atomic E-state index is 0.00426. The van der Waals surface area contributed by atoms with Gasteiger partial charge in [0.15, 0.2) is 0 Å². The van der Waals surface area contributed by atoms with Gasteiger partial charge in [-0.05, 0) is 45.6 Å². The van der Waals surface area contributed by atoms with Crippen LogP contribution >= 0.6 is 11.3 Å². The van der Waals surface area contributed by atoms with Gasteiger partial charge in [0.25, 0.3) is 5.91 Å². The molecule has 0 aliphatic carbocycles. The summed E-state index contributed by atoms with van der Waals surface area (Å²) in [5.74, 6) is 0.00426. The predicted octanol–water partition coefficient (Wildman–Crippen LogP) is 4.36. The van der Waals surface area contributed by atoms with E-state index in [1.54, 1.807) is 0 Å². The van der Waals surface area contributed by atoms with Crippen molar-refractivity contribution in [3.05, 3.63) is 57.3 Å². The van der Waals surface area contributed by atoms with E-state index in [4.69, 9.17) is 4.79 Å². The molecule has 1 heterocycles. The molecular weight excluding hydrogens is 332 g/mol.